The number of unbranched alkanes of at least 4 members (excludes halogenated alkanes) is 2. The standard InChI is InChI=1S/C27H38O4/c1-7-10-11-12-22-16-25(30-18-28-8-2)27(26(17-22)31-19-29-9-3)24-15-21(6)13-14-23(24)20(4)5/h13-17H,4,7-12,18-19H2,1-3,5-6H3. The average Bonchev–Trinajstić information content (AvgIpc) is 2.74. The lowest BCUT2D eigenvalue weighted by Gasteiger charge is -2.21. The molecule has 0 unspecified atom stereocenters. The van der Waals surface area contributed by atoms with Crippen LogP contribution in [0, 0.1) is 6.92 Å². The molecule has 0 radical (unpaired) electrons. The molecule has 0 bridgehead atoms. The number of hydrogen-bond acceptors (Lipinski definition) is 4. The SMILES string of the molecule is C=C(C)c1ccc(C)cc1-c1c(OCOCC)cc(CCCCC)cc1OCOCC. The van der Waals surface area contributed by atoms with Gasteiger partial charge in [0.25, 0.3) is 0 Å². The van der Waals surface area contributed by atoms with Crippen LogP contribution >= 0.6 is 0 Å². The molecule has 0 saturated heterocycles. The molecule has 0 fully saturated rings. The molecule has 0 aromatic heterocycles. The summed E-state index contributed by atoms with van der Waals surface area (Å²) in [6.45, 7) is 16.0. The topological polar surface area (TPSA) is 36.9 Å². The molecular formula is C27H38O4. The minimum absolute atomic E-state index is 0.195. The van der Waals surface area contributed by atoms with E-state index in [4.69, 9.17) is 18.9 Å². The predicted octanol–water partition coefficient (Wildman–Crippen LogP) is 7.17. The lowest BCUT2D eigenvalue weighted by atomic mass is 9.91. The summed E-state index contributed by atoms with van der Waals surface area (Å²) in [5, 5.41) is 0. The maximum atomic E-state index is 6.13. The van der Waals surface area contributed by atoms with Crippen molar-refractivity contribution in [2.45, 2.75) is 60.3 Å². The van der Waals surface area contributed by atoms with Gasteiger partial charge in [0.05, 0.1) is 5.56 Å². The van der Waals surface area contributed by atoms with E-state index < -0.39 is 0 Å². The molecular weight excluding hydrogens is 388 g/mol. The van der Waals surface area contributed by atoms with E-state index in [0.717, 1.165) is 46.6 Å². The average molecular weight is 427 g/mol. The van der Waals surface area contributed by atoms with Crippen molar-refractivity contribution < 1.29 is 18.9 Å². The summed E-state index contributed by atoms with van der Waals surface area (Å²) in [5.74, 6) is 1.53. The zero-order chi connectivity index (χ0) is 22.6. The lowest BCUT2D eigenvalue weighted by molar-refractivity contribution is 0.0188. The van der Waals surface area contributed by atoms with Crippen LogP contribution in [0.2, 0.25) is 0 Å². The summed E-state index contributed by atoms with van der Waals surface area (Å²) in [6, 6.07) is 10.6. The first-order valence-corrected chi connectivity index (χ1v) is 11.4. The van der Waals surface area contributed by atoms with E-state index in [9.17, 15) is 0 Å². The lowest BCUT2D eigenvalue weighted by Crippen LogP contribution is -2.08. The monoisotopic (exact) mass is 426 g/mol. The van der Waals surface area contributed by atoms with Gasteiger partial charge in [-0.15, -0.1) is 0 Å². The van der Waals surface area contributed by atoms with E-state index in [2.05, 4.69) is 50.8 Å². The largest absolute Gasteiger partial charge is 0.467 e. The zero-order valence-electron chi connectivity index (χ0n) is 19.9. The van der Waals surface area contributed by atoms with Crippen LogP contribution in [0.5, 0.6) is 11.5 Å². The van der Waals surface area contributed by atoms with Crippen molar-refractivity contribution >= 4 is 5.57 Å². The molecule has 0 saturated carbocycles. The highest BCUT2D eigenvalue weighted by molar-refractivity contribution is 5.86. The summed E-state index contributed by atoms with van der Waals surface area (Å²) in [5.41, 5.74) is 6.39. The summed E-state index contributed by atoms with van der Waals surface area (Å²) in [7, 11) is 0. The molecule has 0 atom stereocenters. The fourth-order valence-corrected chi connectivity index (χ4v) is 3.47. The first-order valence-electron chi connectivity index (χ1n) is 11.4. The van der Waals surface area contributed by atoms with Gasteiger partial charge in [-0.1, -0.05) is 55.7 Å². The molecule has 0 N–H and O–H groups in total. The van der Waals surface area contributed by atoms with Gasteiger partial charge in [0.1, 0.15) is 11.5 Å². The number of allylic oxidation sites excluding steroid dienone is 1. The quantitative estimate of drug-likeness (QED) is 0.237. The number of ether oxygens (including phenoxy) is 4. The van der Waals surface area contributed by atoms with Crippen molar-refractivity contribution in [3.63, 3.8) is 0 Å². The van der Waals surface area contributed by atoms with Gasteiger partial charge in [0, 0.05) is 13.2 Å². The molecule has 0 amide bonds. The van der Waals surface area contributed by atoms with Gasteiger partial charge in [-0.2, -0.15) is 0 Å². The maximum absolute atomic E-state index is 6.13. The van der Waals surface area contributed by atoms with Gasteiger partial charge >= 0.3 is 0 Å². The van der Waals surface area contributed by atoms with Crippen LogP contribution in [0.3, 0.4) is 0 Å². The van der Waals surface area contributed by atoms with E-state index in [1.54, 1.807) is 0 Å². The normalized spacial score (nSPS) is 10.9. The Morgan fingerprint density at radius 3 is 2.00 bits per heavy atom. The van der Waals surface area contributed by atoms with Crippen LogP contribution in [0.15, 0.2) is 36.9 Å². The van der Waals surface area contributed by atoms with Gasteiger partial charge in [0.15, 0.2) is 13.6 Å². The Balaban J connectivity index is 2.63. The van der Waals surface area contributed by atoms with Crippen molar-refractivity contribution in [3.05, 3.63) is 53.6 Å². The fourth-order valence-electron chi connectivity index (χ4n) is 3.47. The van der Waals surface area contributed by atoms with Crippen molar-refractivity contribution in [2.24, 2.45) is 0 Å². The van der Waals surface area contributed by atoms with Crippen LogP contribution in [-0.4, -0.2) is 26.8 Å². The van der Waals surface area contributed by atoms with Gasteiger partial charge in [-0.3, -0.25) is 0 Å². The van der Waals surface area contributed by atoms with Crippen LogP contribution < -0.4 is 9.47 Å². The molecule has 4 nitrogen and oxygen atoms in total. The van der Waals surface area contributed by atoms with E-state index in [0.29, 0.717) is 13.2 Å². The van der Waals surface area contributed by atoms with Crippen molar-refractivity contribution in [1.82, 2.24) is 0 Å². The number of hydrogen-bond donors (Lipinski definition) is 0. The van der Waals surface area contributed by atoms with Crippen LogP contribution in [-0.2, 0) is 15.9 Å². The van der Waals surface area contributed by atoms with E-state index in [1.807, 2.05) is 20.8 Å². The Morgan fingerprint density at radius 1 is 0.871 bits per heavy atom. The second-order valence-electron chi connectivity index (χ2n) is 7.76. The number of rotatable bonds is 14. The third-order valence-corrected chi connectivity index (χ3v) is 5.10. The Kier molecular flexibility index (Phi) is 10.6. The third kappa shape index (κ3) is 7.41. The van der Waals surface area contributed by atoms with Crippen LogP contribution in [0.1, 0.15) is 63.6 Å². The molecule has 2 rings (SSSR count). The van der Waals surface area contributed by atoms with Gasteiger partial charge < -0.3 is 18.9 Å². The first kappa shape index (κ1) is 25.0. The minimum atomic E-state index is 0.195. The smallest absolute Gasteiger partial charge is 0.189 e. The molecule has 31 heavy (non-hydrogen) atoms. The zero-order valence-corrected chi connectivity index (χ0v) is 19.9. The fraction of sp³-hybridized carbons (Fsp3) is 0.481. The summed E-state index contributed by atoms with van der Waals surface area (Å²) >= 11 is 0. The third-order valence-electron chi connectivity index (χ3n) is 5.10. The van der Waals surface area contributed by atoms with Gasteiger partial charge in [-0.25, -0.2) is 0 Å². The summed E-state index contributed by atoms with van der Waals surface area (Å²) < 4.78 is 23.3. The molecule has 0 aliphatic rings. The molecule has 0 aliphatic heterocycles. The van der Waals surface area contributed by atoms with E-state index >= 15 is 0 Å². The molecule has 2 aromatic rings. The molecule has 2 aromatic carbocycles. The second-order valence-corrected chi connectivity index (χ2v) is 7.76. The summed E-state index contributed by atoms with van der Waals surface area (Å²) in [4.78, 5) is 0. The molecule has 0 spiro atoms. The highest BCUT2D eigenvalue weighted by atomic mass is 16.7. The van der Waals surface area contributed by atoms with Crippen molar-refractivity contribution in [1.29, 1.82) is 0 Å². The van der Waals surface area contributed by atoms with E-state index in [-0.39, 0.29) is 13.6 Å². The molecule has 0 aliphatic carbocycles. The Hall–Kier alpha value is -2.30. The Morgan fingerprint density at radius 2 is 1.48 bits per heavy atom. The Labute approximate surface area is 188 Å². The van der Waals surface area contributed by atoms with Gasteiger partial charge in [-0.05, 0) is 69.4 Å². The minimum Gasteiger partial charge on any atom is -0.467 e. The predicted molar refractivity (Wildman–Crippen MR) is 129 cm³/mol. The highest BCUT2D eigenvalue weighted by Gasteiger charge is 2.19. The molecule has 0 heterocycles. The van der Waals surface area contributed by atoms with Crippen LogP contribution in [0.25, 0.3) is 16.7 Å². The Bertz CT molecular complexity index is 810. The van der Waals surface area contributed by atoms with Crippen LogP contribution in [0.4, 0.5) is 0 Å². The molecule has 4 heteroatoms. The molecule has 170 valence electrons. The summed E-state index contributed by atoms with van der Waals surface area (Å²) in [6.07, 6.45) is 4.49. The number of aryl methyl sites for hydroxylation is 2. The maximum Gasteiger partial charge on any atom is 0.189 e. The second kappa shape index (κ2) is 13.2. The van der Waals surface area contributed by atoms with Gasteiger partial charge in [0.2, 0.25) is 0 Å². The van der Waals surface area contributed by atoms with Crippen molar-refractivity contribution in [3.8, 4) is 22.6 Å². The van der Waals surface area contributed by atoms with Crippen molar-refractivity contribution in [2.75, 3.05) is 26.8 Å². The number of benzene rings is 2. The highest BCUT2D eigenvalue weighted by Crippen LogP contribution is 2.43. The first-order chi connectivity index (χ1) is 15.0. The van der Waals surface area contributed by atoms with E-state index in [1.165, 1.54) is 24.0 Å².